The number of carboxylic acid groups (broad SMARTS) is 1. The summed E-state index contributed by atoms with van der Waals surface area (Å²) < 4.78 is 41.6. The lowest BCUT2D eigenvalue weighted by atomic mass is 9.87. The van der Waals surface area contributed by atoms with Crippen LogP contribution in [0.4, 0.5) is 24.7 Å². The number of hydrogen-bond acceptors (Lipinski definition) is 7. The van der Waals surface area contributed by atoms with E-state index < -0.39 is 66.9 Å². The van der Waals surface area contributed by atoms with Crippen LogP contribution in [0.25, 0.3) is 0 Å². The first-order valence-corrected chi connectivity index (χ1v) is 13.1. The first kappa shape index (κ1) is 30.3. The minimum Gasteiger partial charge on any atom is -0.481 e. The van der Waals surface area contributed by atoms with Crippen molar-refractivity contribution >= 4 is 40.9 Å². The van der Waals surface area contributed by atoms with Crippen molar-refractivity contribution in [2.45, 2.75) is 49.7 Å². The summed E-state index contributed by atoms with van der Waals surface area (Å²) in [4.78, 5) is 48.3. The van der Waals surface area contributed by atoms with Crippen molar-refractivity contribution < 1.29 is 32.7 Å². The number of nitrogens with zero attached hydrogens (tertiary/aromatic N) is 4. The number of carboxylic acids is 1. The molecule has 2 heterocycles. The standard InChI is InChI=1S/C28H24ClF3N6O4/c29-21-4-2-1-3-20(21)25(26(41)36-18-11-28(31,32)12-18)38(19-10-17(30)14-34-15-19)27(42)22(5-6-24(39)40)37-23-9-16(13-33)7-8-35-23/h1-4,7-10,14-15,18,22,25H,5-6,11-12H2,(H,35,37)(H,36,41)(H,39,40)/t22-,25?/m0/s1. The van der Waals surface area contributed by atoms with E-state index in [4.69, 9.17) is 11.6 Å². The molecule has 14 heteroatoms. The number of carbonyl (C=O) groups is 3. The van der Waals surface area contributed by atoms with Gasteiger partial charge in [0, 0.05) is 48.2 Å². The van der Waals surface area contributed by atoms with Gasteiger partial charge in [-0.25, -0.2) is 18.2 Å². The van der Waals surface area contributed by atoms with E-state index in [9.17, 15) is 37.9 Å². The predicted octanol–water partition coefficient (Wildman–Crippen LogP) is 4.47. The summed E-state index contributed by atoms with van der Waals surface area (Å²) in [5.74, 6) is -6.73. The van der Waals surface area contributed by atoms with E-state index in [0.29, 0.717) is 0 Å². The molecule has 0 bridgehead atoms. The SMILES string of the molecule is N#Cc1ccnc(N[C@@H](CCC(=O)O)C(=O)N(c2cncc(F)c2)C(C(=O)NC2CC(F)(F)C2)c2ccccc2Cl)c1. The predicted molar refractivity (Wildman–Crippen MR) is 145 cm³/mol. The van der Waals surface area contributed by atoms with Gasteiger partial charge >= 0.3 is 5.97 Å². The molecule has 218 valence electrons. The first-order valence-electron chi connectivity index (χ1n) is 12.7. The summed E-state index contributed by atoms with van der Waals surface area (Å²) in [6, 6.07) is 7.81. The van der Waals surface area contributed by atoms with Crippen LogP contribution in [-0.2, 0) is 14.4 Å². The van der Waals surface area contributed by atoms with Gasteiger partial charge in [-0.3, -0.25) is 24.3 Å². The summed E-state index contributed by atoms with van der Waals surface area (Å²) in [5, 5.41) is 24.0. The maximum Gasteiger partial charge on any atom is 0.303 e. The molecule has 1 saturated carbocycles. The summed E-state index contributed by atoms with van der Waals surface area (Å²) in [7, 11) is 0. The molecule has 2 aromatic heterocycles. The van der Waals surface area contributed by atoms with Crippen molar-refractivity contribution in [2.75, 3.05) is 10.2 Å². The molecule has 3 aromatic rings. The molecule has 2 amide bonds. The van der Waals surface area contributed by atoms with E-state index >= 15 is 0 Å². The molecule has 0 spiro atoms. The maximum absolute atomic E-state index is 14.4. The highest BCUT2D eigenvalue weighted by Gasteiger charge is 2.47. The van der Waals surface area contributed by atoms with E-state index in [1.807, 2.05) is 6.07 Å². The maximum atomic E-state index is 14.4. The van der Waals surface area contributed by atoms with Gasteiger partial charge in [0.05, 0.1) is 29.7 Å². The lowest BCUT2D eigenvalue weighted by Gasteiger charge is -2.39. The van der Waals surface area contributed by atoms with Gasteiger partial charge in [-0.15, -0.1) is 0 Å². The fourth-order valence-electron chi connectivity index (χ4n) is 4.52. The number of halogens is 4. The van der Waals surface area contributed by atoms with Crippen LogP contribution in [0.2, 0.25) is 5.02 Å². The Hall–Kier alpha value is -4.70. The number of aromatic nitrogens is 2. The molecule has 1 aromatic carbocycles. The van der Waals surface area contributed by atoms with Crippen LogP contribution in [0.3, 0.4) is 0 Å². The lowest BCUT2D eigenvalue weighted by molar-refractivity contribution is -0.137. The van der Waals surface area contributed by atoms with Gasteiger partial charge in [0.1, 0.15) is 23.7 Å². The number of alkyl halides is 2. The van der Waals surface area contributed by atoms with Gasteiger partial charge in [-0.2, -0.15) is 5.26 Å². The first-order chi connectivity index (χ1) is 20.0. The Morgan fingerprint density at radius 2 is 1.93 bits per heavy atom. The second-order valence-corrected chi connectivity index (χ2v) is 10.0. The normalized spacial score (nSPS) is 15.4. The smallest absolute Gasteiger partial charge is 0.303 e. The van der Waals surface area contributed by atoms with E-state index in [0.717, 1.165) is 23.4 Å². The molecule has 0 saturated heterocycles. The molecule has 3 N–H and O–H groups in total. The molecule has 1 unspecified atom stereocenters. The molecule has 1 fully saturated rings. The third kappa shape index (κ3) is 7.32. The molecule has 42 heavy (non-hydrogen) atoms. The van der Waals surface area contributed by atoms with Gasteiger partial charge < -0.3 is 15.7 Å². The zero-order valence-corrected chi connectivity index (χ0v) is 22.6. The number of aliphatic carboxylic acids is 1. The largest absolute Gasteiger partial charge is 0.481 e. The molecule has 2 atom stereocenters. The number of rotatable bonds is 11. The molecular weight excluding hydrogens is 577 g/mol. The van der Waals surface area contributed by atoms with E-state index in [1.165, 1.54) is 30.5 Å². The summed E-state index contributed by atoms with van der Waals surface area (Å²) in [5.41, 5.74) is 0.121. The number of nitrogens with one attached hydrogen (secondary N) is 2. The Kier molecular flexibility index (Phi) is 9.27. The average molecular weight is 601 g/mol. The van der Waals surface area contributed by atoms with Crippen LogP contribution in [0.5, 0.6) is 0 Å². The molecular formula is C28H24ClF3N6O4. The molecule has 1 aliphatic carbocycles. The topological polar surface area (TPSA) is 148 Å². The van der Waals surface area contributed by atoms with Crippen molar-refractivity contribution in [1.82, 2.24) is 15.3 Å². The number of nitriles is 1. The third-order valence-electron chi connectivity index (χ3n) is 6.50. The highest BCUT2D eigenvalue weighted by Crippen LogP contribution is 2.39. The molecule has 0 radical (unpaired) electrons. The van der Waals surface area contributed by atoms with Crippen LogP contribution in [0, 0.1) is 17.1 Å². The number of pyridine rings is 2. The second-order valence-electron chi connectivity index (χ2n) is 9.63. The minimum atomic E-state index is -2.95. The van der Waals surface area contributed by atoms with E-state index in [1.54, 1.807) is 12.1 Å². The average Bonchev–Trinajstić information content (AvgIpc) is 2.93. The Morgan fingerprint density at radius 3 is 2.57 bits per heavy atom. The highest BCUT2D eigenvalue weighted by atomic mass is 35.5. The van der Waals surface area contributed by atoms with Crippen LogP contribution < -0.4 is 15.5 Å². The second kappa shape index (κ2) is 12.9. The van der Waals surface area contributed by atoms with Crippen LogP contribution in [0.1, 0.15) is 42.9 Å². The monoisotopic (exact) mass is 600 g/mol. The van der Waals surface area contributed by atoms with Crippen LogP contribution in [0.15, 0.2) is 61.1 Å². The summed E-state index contributed by atoms with van der Waals surface area (Å²) in [6.45, 7) is 0. The number of amides is 2. The van der Waals surface area contributed by atoms with Gasteiger partial charge in [-0.1, -0.05) is 29.8 Å². The number of carbonyl (C=O) groups excluding carboxylic acids is 2. The Labute approximate surface area is 243 Å². The van der Waals surface area contributed by atoms with Crippen molar-refractivity contribution in [3.8, 4) is 6.07 Å². The van der Waals surface area contributed by atoms with Crippen molar-refractivity contribution in [1.29, 1.82) is 5.26 Å². The Bertz CT molecular complexity index is 1530. The molecule has 0 aliphatic heterocycles. The van der Waals surface area contributed by atoms with Crippen molar-refractivity contribution in [3.63, 3.8) is 0 Å². The zero-order valence-electron chi connectivity index (χ0n) is 21.8. The summed E-state index contributed by atoms with van der Waals surface area (Å²) in [6.07, 6.45) is 1.31. The fourth-order valence-corrected chi connectivity index (χ4v) is 4.76. The fraction of sp³-hybridized carbons (Fsp3) is 0.286. The molecule has 4 rings (SSSR count). The number of benzene rings is 1. The van der Waals surface area contributed by atoms with Crippen LogP contribution in [-0.4, -0.2) is 50.9 Å². The lowest BCUT2D eigenvalue weighted by Crippen LogP contribution is -2.55. The zero-order chi connectivity index (χ0) is 30.4. The quantitative estimate of drug-likeness (QED) is 0.292. The molecule has 10 nitrogen and oxygen atoms in total. The Balaban J connectivity index is 1.81. The van der Waals surface area contributed by atoms with Crippen molar-refractivity contribution in [2.24, 2.45) is 0 Å². The summed E-state index contributed by atoms with van der Waals surface area (Å²) >= 11 is 6.44. The van der Waals surface area contributed by atoms with Gasteiger partial charge in [0.2, 0.25) is 5.91 Å². The van der Waals surface area contributed by atoms with E-state index in [2.05, 4.69) is 20.6 Å². The van der Waals surface area contributed by atoms with Gasteiger partial charge in [0.25, 0.3) is 11.8 Å². The molecule has 1 aliphatic rings. The highest BCUT2D eigenvalue weighted by molar-refractivity contribution is 6.31. The Morgan fingerprint density at radius 1 is 1.19 bits per heavy atom. The number of hydrogen-bond donors (Lipinski definition) is 3. The van der Waals surface area contributed by atoms with Gasteiger partial charge in [0.15, 0.2) is 0 Å². The van der Waals surface area contributed by atoms with Gasteiger partial charge in [-0.05, 0) is 24.6 Å². The number of anilines is 2. The third-order valence-corrected chi connectivity index (χ3v) is 6.85. The van der Waals surface area contributed by atoms with E-state index in [-0.39, 0.29) is 34.1 Å². The minimum absolute atomic E-state index is 0.0529. The van der Waals surface area contributed by atoms with Crippen LogP contribution >= 0.6 is 11.6 Å². The van der Waals surface area contributed by atoms with Crippen molar-refractivity contribution in [3.05, 3.63) is 83.0 Å².